The van der Waals surface area contributed by atoms with Gasteiger partial charge >= 0.3 is 0 Å². The number of Topliss-reactive ketones (excluding diaryl/α,β-unsaturated/α-hetero) is 1. The minimum atomic E-state index is 0.170. The molecule has 0 heterocycles. The monoisotopic (exact) mass is 382 g/mol. The van der Waals surface area contributed by atoms with Gasteiger partial charge in [-0.25, -0.2) is 0 Å². The SMILES string of the molecule is O=C(CCBr)c1c(Br)cccc1CBr. The van der Waals surface area contributed by atoms with E-state index in [1.165, 1.54) is 0 Å². The van der Waals surface area contributed by atoms with Gasteiger partial charge in [-0.15, -0.1) is 0 Å². The molecule has 0 saturated heterocycles. The predicted octanol–water partition coefficient (Wildman–Crippen LogP) is 4.31. The van der Waals surface area contributed by atoms with E-state index in [1.54, 1.807) is 0 Å². The van der Waals surface area contributed by atoms with E-state index in [9.17, 15) is 4.79 Å². The minimum absolute atomic E-state index is 0.170. The molecule has 76 valence electrons. The molecule has 0 N–H and O–H groups in total. The van der Waals surface area contributed by atoms with E-state index >= 15 is 0 Å². The molecule has 1 aromatic rings. The van der Waals surface area contributed by atoms with Crippen molar-refractivity contribution in [2.24, 2.45) is 0 Å². The summed E-state index contributed by atoms with van der Waals surface area (Å²) in [4.78, 5) is 11.8. The summed E-state index contributed by atoms with van der Waals surface area (Å²) >= 11 is 10.0. The Hall–Kier alpha value is 0.330. The van der Waals surface area contributed by atoms with Gasteiger partial charge in [0.2, 0.25) is 0 Å². The molecule has 4 heteroatoms. The van der Waals surface area contributed by atoms with Crippen molar-refractivity contribution >= 4 is 53.6 Å². The summed E-state index contributed by atoms with van der Waals surface area (Å²) in [6.07, 6.45) is 0.530. The Bertz CT molecular complexity index is 336. The van der Waals surface area contributed by atoms with Crippen LogP contribution in [0.25, 0.3) is 0 Å². The van der Waals surface area contributed by atoms with Crippen LogP contribution in [-0.2, 0) is 5.33 Å². The molecule has 0 aromatic heterocycles. The first kappa shape index (κ1) is 12.4. The molecule has 0 unspecified atom stereocenters. The third kappa shape index (κ3) is 2.91. The van der Waals surface area contributed by atoms with Gasteiger partial charge in [0.1, 0.15) is 0 Å². The second kappa shape index (κ2) is 6.03. The van der Waals surface area contributed by atoms with Crippen LogP contribution in [0.5, 0.6) is 0 Å². The molecule has 0 aliphatic heterocycles. The highest BCUT2D eigenvalue weighted by Gasteiger charge is 2.13. The highest BCUT2D eigenvalue weighted by Crippen LogP contribution is 2.24. The Kier molecular flexibility index (Phi) is 5.34. The molecule has 0 aliphatic rings. The number of alkyl halides is 2. The number of hydrogen-bond acceptors (Lipinski definition) is 1. The van der Waals surface area contributed by atoms with Gasteiger partial charge in [-0.05, 0) is 11.6 Å². The van der Waals surface area contributed by atoms with Gasteiger partial charge in [0, 0.05) is 27.1 Å². The van der Waals surface area contributed by atoms with Crippen LogP contribution >= 0.6 is 47.8 Å². The van der Waals surface area contributed by atoms with Crippen molar-refractivity contribution in [2.75, 3.05) is 5.33 Å². The Labute approximate surface area is 109 Å². The Morgan fingerprint density at radius 3 is 2.57 bits per heavy atom. The molecule has 0 saturated carbocycles. The summed E-state index contributed by atoms with van der Waals surface area (Å²) in [6.45, 7) is 0. The number of carbonyl (C=O) groups excluding carboxylic acids is 1. The van der Waals surface area contributed by atoms with Crippen molar-refractivity contribution in [1.29, 1.82) is 0 Å². The summed E-state index contributed by atoms with van der Waals surface area (Å²) in [5.74, 6) is 0.170. The molecule has 0 fully saturated rings. The second-order valence-corrected chi connectivity index (χ2v) is 4.98. The average molecular weight is 385 g/mol. The smallest absolute Gasteiger partial charge is 0.165 e. The van der Waals surface area contributed by atoms with E-state index in [0.29, 0.717) is 17.1 Å². The fourth-order valence-corrected chi connectivity index (χ4v) is 2.66. The molecule has 0 bridgehead atoms. The van der Waals surface area contributed by atoms with Crippen LogP contribution in [0.2, 0.25) is 0 Å². The lowest BCUT2D eigenvalue weighted by Crippen LogP contribution is -2.04. The number of hydrogen-bond donors (Lipinski definition) is 0. The fraction of sp³-hybridized carbons (Fsp3) is 0.300. The van der Waals surface area contributed by atoms with E-state index in [1.807, 2.05) is 18.2 Å². The maximum Gasteiger partial charge on any atom is 0.165 e. The lowest BCUT2D eigenvalue weighted by Gasteiger charge is -2.07. The summed E-state index contributed by atoms with van der Waals surface area (Å²) in [5, 5.41) is 1.41. The van der Waals surface area contributed by atoms with Crippen LogP contribution < -0.4 is 0 Å². The number of rotatable bonds is 4. The fourth-order valence-electron chi connectivity index (χ4n) is 1.20. The second-order valence-electron chi connectivity index (χ2n) is 2.77. The number of carbonyl (C=O) groups is 1. The number of benzene rings is 1. The van der Waals surface area contributed by atoms with Crippen LogP contribution in [0.1, 0.15) is 22.3 Å². The summed E-state index contributed by atoms with van der Waals surface area (Å²) in [7, 11) is 0. The lowest BCUT2D eigenvalue weighted by atomic mass is 10.0. The van der Waals surface area contributed by atoms with Crippen molar-refractivity contribution < 1.29 is 4.79 Å². The zero-order chi connectivity index (χ0) is 10.6. The van der Waals surface area contributed by atoms with E-state index < -0.39 is 0 Å². The molecule has 0 amide bonds. The van der Waals surface area contributed by atoms with Gasteiger partial charge in [0.05, 0.1) is 0 Å². The molecular weight excluding hydrogens is 376 g/mol. The maximum atomic E-state index is 11.8. The van der Waals surface area contributed by atoms with Gasteiger partial charge in [-0.3, -0.25) is 4.79 Å². The standard InChI is InChI=1S/C10H9Br3O/c11-5-4-9(14)10-7(6-12)2-1-3-8(10)13/h1-3H,4-6H2. The molecule has 14 heavy (non-hydrogen) atoms. The van der Waals surface area contributed by atoms with Gasteiger partial charge in [-0.2, -0.15) is 0 Å². The zero-order valence-corrected chi connectivity index (χ0v) is 12.2. The van der Waals surface area contributed by atoms with Crippen molar-refractivity contribution in [2.45, 2.75) is 11.8 Å². The van der Waals surface area contributed by atoms with E-state index in [4.69, 9.17) is 0 Å². The van der Waals surface area contributed by atoms with Crippen LogP contribution in [-0.4, -0.2) is 11.1 Å². The molecule has 1 aromatic carbocycles. The predicted molar refractivity (Wildman–Crippen MR) is 69.5 cm³/mol. The molecule has 0 radical (unpaired) electrons. The largest absolute Gasteiger partial charge is 0.294 e. The third-order valence-electron chi connectivity index (χ3n) is 1.84. The summed E-state index contributed by atoms with van der Waals surface area (Å²) in [6, 6.07) is 5.79. The van der Waals surface area contributed by atoms with Crippen LogP contribution in [0.15, 0.2) is 22.7 Å². The molecule has 0 aliphatic carbocycles. The van der Waals surface area contributed by atoms with Gasteiger partial charge in [-0.1, -0.05) is 59.9 Å². The van der Waals surface area contributed by atoms with E-state index in [0.717, 1.165) is 15.6 Å². The minimum Gasteiger partial charge on any atom is -0.294 e. The maximum absolute atomic E-state index is 11.8. The first-order chi connectivity index (χ1) is 6.70. The van der Waals surface area contributed by atoms with Crippen molar-refractivity contribution in [1.82, 2.24) is 0 Å². The van der Waals surface area contributed by atoms with Crippen LogP contribution in [0, 0.1) is 0 Å². The third-order valence-corrected chi connectivity index (χ3v) is 3.51. The molecule has 0 atom stereocenters. The normalized spacial score (nSPS) is 10.2. The average Bonchev–Trinajstić information content (AvgIpc) is 2.17. The van der Waals surface area contributed by atoms with Crippen molar-refractivity contribution in [3.8, 4) is 0 Å². The Morgan fingerprint density at radius 2 is 2.00 bits per heavy atom. The first-order valence-electron chi connectivity index (χ1n) is 4.13. The number of ketones is 1. The Balaban J connectivity index is 3.10. The highest BCUT2D eigenvalue weighted by atomic mass is 79.9. The summed E-state index contributed by atoms with van der Waals surface area (Å²) < 4.78 is 0.875. The zero-order valence-electron chi connectivity index (χ0n) is 7.40. The highest BCUT2D eigenvalue weighted by molar-refractivity contribution is 9.10. The Morgan fingerprint density at radius 1 is 1.29 bits per heavy atom. The molecular formula is C10H9Br3O. The summed E-state index contributed by atoms with van der Waals surface area (Å²) in [5.41, 5.74) is 1.83. The van der Waals surface area contributed by atoms with Crippen molar-refractivity contribution in [3.63, 3.8) is 0 Å². The van der Waals surface area contributed by atoms with Gasteiger partial charge in [0.25, 0.3) is 0 Å². The van der Waals surface area contributed by atoms with Gasteiger partial charge in [0.15, 0.2) is 5.78 Å². The topological polar surface area (TPSA) is 17.1 Å². The van der Waals surface area contributed by atoms with Gasteiger partial charge < -0.3 is 0 Å². The lowest BCUT2D eigenvalue weighted by molar-refractivity contribution is 0.0988. The molecule has 0 spiro atoms. The van der Waals surface area contributed by atoms with E-state index in [2.05, 4.69) is 47.8 Å². The van der Waals surface area contributed by atoms with E-state index in [-0.39, 0.29) is 5.78 Å². The number of halogens is 3. The van der Waals surface area contributed by atoms with Crippen LogP contribution in [0.3, 0.4) is 0 Å². The quantitative estimate of drug-likeness (QED) is 0.558. The van der Waals surface area contributed by atoms with Crippen LogP contribution in [0.4, 0.5) is 0 Å². The molecule has 1 rings (SSSR count). The first-order valence-corrected chi connectivity index (χ1v) is 7.16. The van der Waals surface area contributed by atoms with Crippen molar-refractivity contribution in [3.05, 3.63) is 33.8 Å². The molecule has 1 nitrogen and oxygen atoms in total.